The summed E-state index contributed by atoms with van der Waals surface area (Å²) in [5.41, 5.74) is -1.70. The Kier molecular flexibility index (Phi) is 3.56. The number of esters is 2. The maximum Gasteiger partial charge on any atom is 0.313 e. The van der Waals surface area contributed by atoms with Crippen LogP contribution in [0.1, 0.15) is 44.5 Å². The molecule has 0 radical (unpaired) electrons. The summed E-state index contributed by atoms with van der Waals surface area (Å²) in [6.07, 6.45) is 1.06. The maximum absolute atomic E-state index is 13.2. The zero-order valence-electron chi connectivity index (χ0n) is 15.2. The molecule has 2 aliphatic carbocycles. The smallest absolute Gasteiger partial charge is 0.313 e. The highest BCUT2D eigenvalue weighted by Gasteiger charge is 2.73. The Hall–Kier alpha value is -1.86. The highest BCUT2D eigenvalue weighted by atomic mass is 16.6. The normalized spacial score (nSPS) is 48.9. The third kappa shape index (κ3) is 2.04. The summed E-state index contributed by atoms with van der Waals surface area (Å²) >= 11 is 0. The molecular formula is C20H24O7. The third-order valence-electron chi connectivity index (χ3n) is 7.77. The van der Waals surface area contributed by atoms with Gasteiger partial charge in [0.1, 0.15) is 12.4 Å². The molecule has 4 aliphatic rings. The maximum atomic E-state index is 13.2. The molecule has 3 heterocycles. The average molecular weight is 376 g/mol. The number of hydrogen-bond donors (Lipinski definition) is 2. The minimum Gasteiger partial charge on any atom is -0.465 e. The molecule has 2 spiro atoms. The number of ether oxygens (including phenoxy) is 2. The van der Waals surface area contributed by atoms with Gasteiger partial charge in [0.05, 0.1) is 29.8 Å². The van der Waals surface area contributed by atoms with Crippen molar-refractivity contribution in [2.45, 2.75) is 50.9 Å². The van der Waals surface area contributed by atoms with Gasteiger partial charge in [0, 0.05) is 11.8 Å². The van der Waals surface area contributed by atoms with Crippen molar-refractivity contribution in [1.29, 1.82) is 0 Å². The van der Waals surface area contributed by atoms with E-state index in [1.807, 2.05) is 6.92 Å². The average Bonchev–Trinajstić information content (AvgIpc) is 3.33. The molecular weight excluding hydrogens is 352 g/mol. The van der Waals surface area contributed by atoms with Crippen LogP contribution in [0.3, 0.4) is 0 Å². The first-order valence-corrected chi connectivity index (χ1v) is 9.67. The van der Waals surface area contributed by atoms with E-state index >= 15 is 0 Å². The van der Waals surface area contributed by atoms with Crippen molar-refractivity contribution >= 4 is 11.9 Å². The van der Waals surface area contributed by atoms with E-state index in [4.69, 9.17) is 13.9 Å². The highest BCUT2D eigenvalue weighted by Crippen LogP contribution is 2.68. The van der Waals surface area contributed by atoms with E-state index in [-0.39, 0.29) is 36.8 Å². The number of cyclic esters (lactones) is 2. The van der Waals surface area contributed by atoms with Crippen LogP contribution in [0.15, 0.2) is 22.8 Å². The Morgan fingerprint density at radius 1 is 1.19 bits per heavy atom. The van der Waals surface area contributed by atoms with Gasteiger partial charge < -0.3 is 24.1 Å². The van der Waals surface area contributed by atoms with E-state index in [2.05, 4.69) is 0 Å². The van der Waals surface area contributed by atoms with Crippen molar-refractivity contribution in [2.24, 2.45) is 28.6 Å². The van der Waals surface area contributed by atoms with Crippen LogP contribution in [0.2, 0.25) is 0 Å². The van der Waals surface area contributed by atoms with Crippen molar-refractivity contribution in [2.75, 3.05) is 6.61 Å². The molecule has 5 rings (SSSR count). The molecule has 8 unspecified atom stereocenters. The topological polar surface area (TPSA) is 106 Å². The summed E-state index contributed by atoms with van der Waals surface area (Å²) in [5, 5.41) is 21.5. The number of furan rings is 1. The van der Waals surface area contributed by atoms with Crippen molar-refractivity contribution in [3.8, 4) is 0 Å². The van der Waals surface area contributed by atoms with Gasteiger partial charge in [-0.15, -0.1) is 0 Å². The van der Waals surface area contributed by atoms with E-state index in [1.165, 1.54) is 0 Å². The summed E-state index contributed by atoms with van der Waals surface area (Å²) in [5.74, 6) is -1.20. The fourth-order valence-electron chi connectivity index (χ4n) is 6.48. The number of rotatable bonds is 1. The van der Waals surface area contributed by atoms with E-state index in [0.717, 1.165) is 0 Å². The number of fused-ring (bicyclic) bond motifs is 1. The van der Waals surface area contributed by atoms with Gasteiger partial charge in [-0.1, -0.05) is 6.92 Å². The van der Waals surface area contributed by atoms with Crippen LogP contribution in [0.25, 0.3) is 0 Å². The zero-order chi connectivity index (χ0) is 19.0. The molecule has 0 bridgehead atoms. The molecule has 7 heteroatoms. The Labute approximate surface area is 156 Å². The Morgan fingerprint density at radius 2 is 2.00 bits per heavy atom. The van der Waals surface area contributed by atoms with E-state index in [0.29, 0.717) is 25.0 Å². The molecule has 2 N–H and O–H groups in total. The fourth-order valence-corrected chi connectivity index (χ4v) is 6.48. The van der Waals surface area contributed by atoms with E-state index < -0.39 is 35.1 Å². The SMILES string of the molecule is CC1CC(O)C23COC(=O)C2CC(O)CC3C12CC(c1ccco1)OC2=O. The van der Waals surface area contributed by atoms with E-state index in [1.54, 1.807) is 18.4 Å². The lowest BCUT2D eigenvalue weighted by atomic mass is 9.43. The number of carbonyl (C=O) groups is 2. The summed E-state index contributed by atoms with van der Waals surface area (Å²) in [4.78, 5) is 25.6. The first kappa shape index (κ1) is 17.3. The molecule has 1 aromatic heterocycles. The first-order chi connectivity index (χ1) is 12.9. The van der Waals surface area contributed by atoms with Gasteiger partial charge in [-0.3, -0.25) is 9.59 Å². The summed E-state index contributed by atoms with van der Waals surface area (Å²) in [6.45, 7) is 2.05. The van der Waals surface area contributed by atoms with Gasteiger partial charge in [-0.2, -0.15) is 0 Å². The predicted octanol–water partition coefficient (Wildman–Crippen LogP) is 1.58. The zero-order valence-corrected chi connectivity index (χ0v) is 15.2. The Morgan fingerprint density at radius 3 is 2.74 bits per heavy atom. The molecule has 146 valence electrons. The van der Waals surface area contributed by atoms with Gasteiger partial charge in [0.2, 0.25) is 0 Å². The van der Waals surface area contributed by atoms with Gasteiger partial charge in [-0.05, 0) is 43.2 Å². The second kappa shape index (κ2) is 5.58. The van der Waals surface area contributed by atoms with Gasteiger partial charge in [0.15, 0.2) is 6.10 Å². The monoisotopic (exact) mass is 376 g/mol. The van der Waals surface area contributed by atoms with Crippen LogP contribution in [0, 0.1) is 28.6 Å². The van der Waals surface area contributed by atoms with Crippen LogP contribution in [-0.4, -0.2) is 41.0 Å². The molecule has 1 aromatic rings. The summed E-state index contributed by atoms with van der Waals surface area (Å²) in [6, 6.07) is 3.55. The first-order valence-electron chi connectivity index (χ1n) is 9.67. The largest absolute Gasteiger partial charge is 0.465 e. The molecule has 27 heavy (non-hydrogen) atoms. The van der Waals surface area contributed by atoms with E-state index in [9.17, 15) is 19.8 Å². The Bertz CT molecular complexity index is 773. The lowest BCUT2D eigenvalue weighted by Gasteiger charge is -2.58. The van der Waals surface area contributed by atoms with Crippen molar-refractivity contribution in [3.63, 3.8) is 0 Å². The van der Waals surface area contributed by atoms with Crippen molar-refractivity contribution in [1.82, 2.24) is 0 Å². The molecule has 2 saturated heterocycles. The summed E-state index contributed by atoms with van der Waals surface area (Å²) in [7, 11) is 0. The molecule has 0 amide bonds. The van der Waals surface area contributed by atoms with Crippen molar-refractivity contribution < 1.29 is 33.7 Å². The molecule has 2 aliphatic heterocycles. The number of aliphatic hydroxyl groups excluding tert-OH is 2. The highest BCUT2D eigenvalue weighted by molar-refractivity contribution is 5.82. The number of carbonyl (C=O) groups excluding carboxylic acids is 2. The molecule has 4 fully saturated rings. The second-order valence-corrected chi connectivity index (χ2v) is 8.76. The molecule has 7 nitrogen and oxygen atoms in total. The quantitative estimate of drug-likeness (QED) is 0.717. The summed E-state index contributed by atoms with van der Waals surface area (Å²) < 4.78 is 16.6. The molecule has 2 saturated carbocycles. The lowest BCUT2D eigenvalue weighted by Crippen LogP contribution is -2.64. The van der Waals surface area contributed by atoms with Crippen LogP contribution in [-0.2, 0) is 19.1 Å². The van der Waals surface area contributed by atoms with Crippen LogP contribution in [0.4, 0.5) is 0 Å². The predicted molar refractivity (Wildman–Crippen MR) is 90.0 cm³/mol. The van der Waals surface area contributed by atoms with Crippen LogP contribution >= 0.6 is 0 Å². The second-order valence-electron chi connectivity index (χ2n) is 8.76. The van der Waals surface area contributed by atoms with Gasteiger partial charge >= 0.3 is 11.9 Å². The minimum absolute atomic E-state index is 0.0994. The molecule has 0 aromatic carbocycles. The minimum atomic E-state index is -0.871. The standard InChI is InChI=1S/C20H24O7/c1-10-5-16(22)20-9-26-17(23)12(20)6-11(21)7-15(20)19(10)8-14(27-18(19)24)13-3-2-4-25-13/h2-4,10-12,14-16,21-22H,5-9H2,1H3. The third-order valence-corrected chi connectivity index (χ3v) is 7.77. The van der Waals surface area contributed by atoms with Crippen LogP contribution in [0.5, 0.6) is 0 Å². The Balaban J connectivity index is 1.62. The number of aliphatic hydroxyl groups is 2. The lowest BCUT2D eigenvalue weighted by molar-refractivity contribution is -0.201. The van der Waals surface area contributed by atoms with Gasteiger partial charge in [-0.25, -0.2) is 0 Å². The molecule has 8 atom stereocenters. The number of hydrogen-bond acceptors (Lipinski definition) is 7. The van der Waals surface area contributed by atoms with Gasteiger partial charge in [0.25, 0.3) is 0 Å². The fraction of sp³-hybridized carbons (Fsp3) is 0.700. The van der Waals surface area contributed by atoms with Crippen molar-refractivity contribution in [3.05, 3.63) is 24.2 Å². The van der Waals surface area contributed by atoms with Crippen LogP contribution < -0.4 is 0 Å².